The van der Waals surface area contributed by atoms with E-state index in [9.17, 15) is 14.3 Å². The maximum atomic E-state index is 14.8. The van der Waals surface area contributed by atoms with Crippen molar-refractivity contribution in [1.29, 1.82) is 0 Å². The number of aromatic amines is 1. The van der Waals surface area contributed by atoms with Crippen molar-refractivity contribution in [2.75, 3.05) is 0 Å². The molecular formula is C27H24FN3O2. The Balaban J connectivity index is 1.83. The third kappa shape index (κ3) is 2.67. The van der Waals surface area contributed by atoms with Crippen LogP contribution in [0.4, 0.5) is 4.39 Å². The van der Waals surface area contributed by atoms with Crippen molar-refractivity contribution >= 4 is 27.8 Å². The van der Waals surface area contributed by atoms with Crippen LogP contribution in [0.1, 0.15) is 48.8 Å². The van der Waals surface area contributed by atoms with E-state index in [2.05, 4.69) is 30.3 Å². The number of fused-ring (bicyclic) bond motifs is 3. The number of aromatic nitrogens is 3. The van der Waals surface area contributed by atoms with E-state index in [1.807, 2.05) is 47.3 Å². The summed E-state index contributed by atoms with van der Waals surface area (Å²) in [6.07, 6.45) is 3.84. The van der Waals surface area contributed by atoms with E-state index in [1.165, 1.54) is 0 Å². The Hall–Kier alpha value is -3.80. The van der Waals surface area contributed by atoms with E-state index in [-0.39, 0.29) is 23.5 Å². The van der Waals surface area contributed by atoms with Crippen LogP contribution in [0, 0.1) is 5.82 Å². The Morgan fingerprint density at radius 1 is 1.18 bits per heavy atom. The minimum atomic E-state index is -0.975. The summed E-state index contributed by atoms with van der Waals surface area (Å²) >= 11 is 0. The molecule has 0 radical (unpaired) electrons. The molecular weight excluding hydrogens is 417 g/mol. The lowest BCUT2D eigenvalue weighted by Crippen LogP contribution is -2.15. The molecule has 3 aromatic heterocycles. The number of halogens is 1. The molecule has 5 nitrogen and oxygen atoms in total. The van der Waals surface area contributed by atoms with Crippen LogP contribution in [0.3, 0.4) is 0 Å². The lowest BCUT2D eigenvalue weighted by atomic mass is 9.89. The Morgan fingerprint density at radius 3 is 2.76 bits per heavy atom. The summed E-state index contributed by atoms with van der Waals surface area (Å²) < 4.78 is 18.8. The second kappa shape index (κ2) is 6.85. The van der Waals surface area contributed by atoms with Crippen molar-refractivity contribution in [3.63, 3.8) is 0 Å². The third-order valence-electron chi connectivity index (χ3n) is 6.90. The minimum Gasteiger partial charge on any atom is -0.477 e. The quantitative estimate of drug-likeness (QED) is 0.324. The summed E-state index contributed by atoms with van der Waals surface area (Å²) in [6, 6.07) is 13.0. The maximum Gasteiger partial charge on any atom is 0.353 e. The molecule has 0 fully saturated rings. The van der Waals surface area contributed by atoms with E-state index in [1.54, 1.807) is 12.1 Å². The van der Waals surface area contributed by atoms with Gasteiger partial charge in [0, 0.05) is 52.4 Å². The van der Waals surface area contributed by atoms with Gasteiger partial charge in [-0.2, -0.15) is 0 Å². The lowest BCUT2D eigenvalue weighted by Gasteiger charge is -2.16. The van der Waals surface area contributed by atoms with Crippen molar-refractivity contribution in [3.05, 3.63) is 71.9 Å². The highest BCUT2D eigenvalue weighted by Crippen LogP contribution is 2.48. The Kier molecular flexibility index (Phi) is 4.12. The number of carboxylic acids is 1. The van der Waals surface area contributed by atoms with Gasteiger partial charge in [-0.3, -0.25) is 0 Å². The summed E-state index contributed by atoms with van der Waals surface area (Å²) in [7, 11) is 0. The van der Waals surface area contributed by atoms with E-state index in [0.29, 0.717) is 6.54 Å². The van der Waals surface area contributed by atoms with Crippen molar-refractivity contribution < 1.29 is 14.3 Å². The van der Waals surface area contributed by atoms with Crippen LogP contribution in [-0.2, 0) is 6.54 Å². The summed E-state index contributed by atoms with van der Waals surface area (Å²) in [5.74, 6) is -1.27. The standard InChI is InChI=1S/C27H24FN3O2/c1-14(2)22-23(19-5-4-6-21-18(19)7-9-29-21)26(27(32)33)31-13-15(3)30-10-8-16-11-17(28)12-20(24(16)30)25(22)31/h4-12,14-15,29H,13H2,1-3H3,(H,32,33)/t15-/m0/s1. The molecule has 0 spiro atoms. The number of carbonyl (C=O) groups is 1. The van der Waals surface area contributed by atoms with E-state index in [0.717, 1.165) is 49.8 Å². The molecule has 0 bridgehead atoms. The molecule has 33 heavy (non-hydrogen) atoms. The topological polar surface area (TPSA) is 63.0 Å². The predicted molar refractivity (Wildman–Crippen MR) is 128 cm³/mol. The van der Waals surface area contributed by atoms with Gasteiger partial charge in [0.05, 0.1) is 11.2 Å². The van der Waals surface area contributed by atoms with Crippen LogP contribution in [0.2, 0.25) is 0 Å². The molecule has 0 aliphatic carbocycles. The molecule has 1 aliphatic heterocycles. The van der Waals surface area contributed by atoms with Gasteiger partial charge in [0.2, 0.25) is 0 Å². The normalized spacial score (nSPS) is 15.4. The van der Waals surface area contributed by atoms with Gasteiger partial charge in [-0.15, -0.1) is 0 Å². The summed E-state index contributed by atoms with van der Waals surface area (Å²) in [5, 5.41) is 12.3. The monoisotopic (exact) mass is 441 g/mol. The maximum absolute atomic E-state index is 14.8. The number of hydrogen-bond donors (Lipinski definition) is 2. The fourth-order valence-corrected chi connectivity index (χ4v) is 5.64. The molecule has 0 amide bonds. The van der Waals surface area contributed by atoms with Crippen LogP contribution in [-0.4, -0.2) is 25.2 Å². The Labute approximate surface area is 190 Å². The van der Waals surface area contributed by atoms with Crippen molar-refractivity contribution in [1.82, 2.24) is 14.1 Å². The highest BCUT2D eigenvalue weighted by molar-refractivity contribution is 6.07. The number of rotatable bonds is 3. The van der Waals surface area contributed by atoms with Crippen LogP contribution < -0.4 is 0 Å². The number of nitrogens with zero attached hydrogens (tertiary/aromatic N) is 2. The zero-order valence-electron chi connectivity index (χ0n) is 18.7. The highest BCUT2D eigenvalue weighted by Gasteiger charge is 2.34. The van der Waals surface area contributed by atoms with E-state index in [4.69, 9.17) is 0 Å². The lowest BCUT2D eigenvalue weighted by molar-refractivity contribution is 0.0685. The molecule has 0 saturated heterocycles. The van der Waals surface area contributed by atoms with Gasteiger partial charge in [0.1, 0.15) is 11.5 Å². The molecule has 0 saturated carbocycles. The Morgan fingerprint density at radius 2 is 2.00 bits per heavy atom. The van der Waals surface area contributed by atoms with Crippen LogP contribution in [0.15, 0.2) is 54.9 Å². The second-order valence-corrected chi connectivity index (χ2v) is 9.26. The highest BCUT2D eigenvalue weighted by atomic mass is 19.1. The molecule has 0 unspecified atom stereocenters. The smallest absolute Gasteiger partial charge is 0.353 e. The summed E-state index contributed by atoms with van der Waals surface area (Å²) in [4.78, 5) is 16.0. The van der Waals surface area contributed by atoms with E-state index >= 15 is 0 Å². The van der Waals surface area contributed by atoms with Gasteiger partial charge in [0.25, 0.3) is 0 Å². The van der Waals surface area contributed by atoms with Crippen LogP contribution >= 0.6 is 0 Å². The summed E-state index contributed by atoms with van der Waals surface area (Å²) in [6.45, 7) is 6.72. The molecule has 5 aromatic rings. The molecule has 4 heterocycles. The third-order valence-corrected chi connectivity index (χ3v) is 6.90. The molecule has 2 N–H and O–H groups in total. The fourth-order valence-electron chi connectivity index (χ4n) is 5.64. The molecule has 1 aliphatic rings. The van der Waals surface area contributed by atoms with E-state index < -0.39 is 5.97 Å². The SMILES string of the molecule is CC(C)c1c(-c2cccc3[nH]ccc23)c(C(=O)O)n2c1-c1cc(F)cc3ccn(c13)[C@@H](C)C2. The number of nitrogens with one attached hydrogen (secondary N) is 1. The van der Waals surface area contributed by atoms with Crippen LogP contribution in [0.5, 0.6) is 0 Å². The average Bonchev–Trinajstić information content (AvgIpc) is 3.46. The zero-order chi connectivity index (χ0) is 23.0. The number of H-pyrrole nitrogens is 1. The molecule has 1 atom stereocenters. The van der Waals surface area contributed by atoms with Crippen molar-refractivity contribution in [3.8, 4) is 22.4 Å². The first-order chi connectivity index (χ1) is 15.9. The van der Waals surface area contributed by atoms with Crippen LogP contribution in [0.25, 0.3) is 44.2 Å². The summed E-state index contributed by atoms with van der Waals surface area (Å²) in [5.41, 5.74) is 6.26. The van der Waals surface area contributed by atoms with Gasteiger partial charge in [-0.1, -0.05) is 26.0 Å². The number of hydrogen-bond acceptors (Lipinski definition) is 1. The largest absolute Gasteiger partial charge is 0.477 e. The second-order valence-electron chi connectivity index (χ2n) is 9.26. The van der Waals surface area contributed by atoms with Gasteiger partial charge in [-0.05, 0) is 54.3 Å². The number of aromatic carboxylic acids is 1. The Bertz CT molecular complexity index is 1580. The molecule has 2 aromatic carbocycles. The molecule has 166 valence electrons. The minimum absolute atomic E-state index is 0.00868. The first-order valence-electron chi connectivity index (χ1n) is 11.2. The van der Waals surface area contributed by atoms with Crippen molar-refractivity contribution in [2.24, 2.45) is 0 Å². The van der Waals surface area contributed by atoms with Gasteiger partial charge in [-0.25, -0.2) is 9.18 Å². The first-order valence-corrected chi connectivity index (χ1v) is 11.2. The molecule has 6 rings (SSSR count). The average molecular weight is 442 g/mol. The van der Waals surface area contributed by atoms with Gasteiger partial charge in [0.15, 0.2) is 0 Å². The first kappa shape index (κ1) is 19.9. The predicted octanol–water partition coefficient (Wildman–Crippen LogP) is 6.79. The zero-order valence-corrected chi connectivity index (χ0v) is 18.7. The van der Waals surface area contributed by atoms with Gasteiger partial charge < -0.3 is 19.2 Å². The fraction of sp³-hybridized carbons (Fsp3) is 0.222. The number of carboxylic acid groups (broad SMARTS) is 1. The van der Waals surface area contributed by atoms with Gasteiger partial charge >= 0.3 is 5.97 Å². The molecule has 6 heteroatoms. The van der Waals surface area contributed by atoms with Crippen molar-refractivity contribution in [2.45, 2.75) is 39.3 Å². The number of benzene rings is 2.